The average Bonchev–Trinajstić information content (AvgIpc) is 2.17. The predicted molar refractivity (Wildman–Crippen MR) is 60.5 cm³/mol. The zero-order valence-electron chi connectivity index (χ0n) is 8.46. The average molecular weight is 230 g/mol. The Morgan fingerprint density at radius 2 is 2.00 bits per heavy atom. The molecule has 0 saturated carbocycles. The van der Waals surface area contributed by atoms with Crippen LogP contribution in [0.4, 0.5) is 0 Å². The molecular weight excluding hydrogens is 216 g/mol. The van der Waals surface area contributed by atoms with Crippen molar-refractivity contribution in [2.75, 3.05) is 0 Å². The van der Waals surface area contributed by atoms with E-state index in [0.717, 1.165) is 12.0 Å². The zero-order valence-corrected chi connectivity index (χ0v) is 10.1. The van der Waals surface area contributed by atoms with Gasteiger partial charge in [0.15, 0.2) is 9.86 Å². The molecule has 78 valence electrons. The van der Waals surface area contributed by atoms with E-state index in [2.05, 4.69) is 6.58 Å². The topological polar surface area (TPSA) is 34.1 Å². The zero-order chi connectivity index (χ0) is 10.6. The van der Waals surface area contributed by atoms with Gasteiger partial charge in [-0.15, -0.1) is 11.8 Å². The van der Waals surface area contributed by atoms with Gasteiger partial charge in [-0.3, -0.25) is 9.00 Å². The summed E-state index contributed by atoms with van der Waals surface area (Å²) >= 11 is 1.59. The monoisotopic (exact) mass is 230 g/mol. The number of hydrogen-bond acceptors (Lipinski definition) is 3. The van der Waals surface area contributed by atoms with Crippen LogP contribution in [0.5, 0.6) is 0 Å². The first-order valence-corrected chi connectivity index (χ1v) is 6.84. The molecule has 0 aromatic heterocycles. The van der Waals surface area contributed by atoms with Gasteiger partial charge < -0.3 is 0 Å². The number of carbonyl (C=O) groups excluding carboxylic acids is 1. The van der Waals surface area contributed by atoms with E-state index in [1.165, 1.54) is 0 Å². The Hall–Kier alpha value is -0.0900. The molecule has 0 aliphatic carbocycles. The maximum atomic E-state index is 12.2. The summed E-state index contributed by atoms with van der Waals surface area (Å²) in [6.45, 7) is 7.87. The van der Waals surface area contributed by atoms with Crippen LogP contribution in [0.25, 0.3) is 0 Å². The molecule has 0 spiro atoms. The van der Waals surface area contributed by atoms with E-state index >= 15 is 0 Å². The molecule has 0 N–H and O–H groups in total. The van der Waals surface area contributed by atoms with Gasteiger partial charge in [-0.25, -0.2) is 0 Å². The minimum Gasteiger partial charge on any atom is -0.297 e. The van der Waals surface area contributed by atoms with Crippen LogP contribution in [0.1, 0.15) is 33.1 Å². The Kier molecular flexibility index (Phi) is 2.20. The molecule has 0 radical (unpaired) electrons. The molecule has 3 unspecified atom stereocenters. The Labute approximate surface area is 91.0 Å². The van der Waals surface area contributed by atoms with Gasteiger partial charge in [0.1, 0.15) is 4.08 Å². The molecule has 0 amide bonds. The van der Waals surface area contributed by atoms with Crippen molar-refractivity contribution in [2.24, 2.45) is 0 Å². The van der Waals surface area contributed by atoms with Crippen LogP contribution in [0.3, 0.4) is 0 Å². The number of thioether (sulfide) groups is 1. The van der Waals surface area contributed by atoms with E-state index < -0.39 is 14.9 Å². The Morgan fingerprint density at radius 1 is 1.43 bits per heavy atom. The lowest BCUT2D eigenvalue weighted by atomic mass is 10.00. The van der Waals surface area contributed by atoms with Gasteiger partial charge in [0.2, 0.25) is 0 Å². The van der Waals surface area contributed by atoms with Gasteiger partial charge in [-0.05, 0) is 18.4 Å². The largest absolute Gasteiger partial charge is 0.297 e. The number of Topliss-reactive ketones (excluding diaryl/α,β-unsaturated/α-hetero) is 1. The van der Waals surface area contributed by atoms with Gasteiger partial charge in [-0.1, -0.05) is 20.4 Å². The Balaban J connectivity index is 2.44. The maximum absolute atomic E-state index is 12.2. The first kappa shape index (κ1) is 10.4. The van der Waals surface area contributed by atoms with Crippen molar-refractivity contribution in [2.45, 2.75) is 41.3 Å². The van der Waals surface area contributed by atoms with Gasteiger partial charge in [0.25, 0.3) is 0 Å². The molecule has 3 fully saturated rings. The molecule has 0 aromatic rings. The third-order valence-corrected chi connectivity index (χ3v) is 8.65. The van der Waals surface area contributed by atoms with E-state index in [1.807, 2.05) is 13.8 Å². The number of hydrogen-bond donors (Lipinski definition) is 0. The summed E-state index contributed by atoms with van der Waals surface area (Å²) < 4.78 is 11.3. The van der Waals surface area contributed by atoms with Crippen molar-refractivity contribution in [3.8, 4) is 0 Å². The van der Waals surface area contributed by atoms with Crippen molar-refractivity contribution in [1.82, 2.24) is 0 Å². The summed E-state index contributed by atoms with van der Waals surface area (Å²) in [5, 5.41) is 0. The quantitative estimate of drug-likeness (QED) is 0.682. The van der Waals surface area contributed by atoms with Crippen LogP contribution in [0, 0.1) is 0 Å². The number of rotatable bonds is 2. The molecule has 2 nitrogen and oxygen atoms in total. The fourth-order valence-electron chi connectivity index (χ4n) is 2.25. The standard InChI is InChI=1S/C10H14O2S2/c1-4-9-7(3)6-8(11)10(5-2,13-9)14(9)12/h3-6H2,1-2H3. The summed E-state index contributed by atoms with van der Waals surface area (Å²) in [5.74, 6) is 0.114. The molecule has 0 aromatic carbocycles. The molecule has 2 bridgehead atoms. The second-order valence-electron chi connectivity index (χ2n) is 3.79. The van der Waals surface area contributed by atoms with Gasteiger partial charge in [-0.2, -0.15) is 0 Å². The van der Waals surface area contributed by atoms with Gasteiger partial charge in [0, 0.05) is 6.42 Å². The molecule has 3 aliphatic rings. The normalized spacial score (nSPS) is 46.3. The third-order valence-electron chi connectivity index (χ3n) is 3.20. The second kappa shape index (κ2) is 2.95. The van der Waals surface area contributed by atoms with Crippen LogP contribution in [0.2, 0.25) is 0 Å². The SMILES string of the molecule is C=C1CC(=O)C2(CC)SC1(CC)S2=O. The molecule has 4 heteroatoms. The highest BCUT2D eigenvalue weighted by Crippen LogP contribution is 2.66. The van der Waals surface area contributed by atoms with E-state index in [-0.39, 0.29) is 9.86 Å². The molecule has 3 heterocycles. The van der Waals surface area contributed by atoms with Gasteiger partial charge in [0.05, 0.1) is 10.8 Å². The highest BCUT2D eigenvalue weighted by molar-refractivity contribution is 8.30. The first-order valence-electron chi connectivity index (χ1n) is 4.87. The molecule has 3 rings (SSSR count). The lowest BCUT2D eigenvalue weighted by molar-refractivity contribution is -0.119. The van der Waals surface area contributed by atoms with Crippen molar-refractivity contribution in [1.29, 1.82) is 0 Å². The molecule has 3 aliphatic heterocycles. The lowest BCUT2D eigenvalue weighted by Gasteiger charge is -2.57. The fraction of sp³-hybridized carbons (Fsp3) is 0.700. The van der Waals surface area contributed by atoms with Crippen LogP contribution >= 0.6 is 11.8 Å². The summed E-state index contributed by atoms with van der Waals surface area (Å²) in [7, 11) is -1.05. The summed E-state index contributed by atoms with van der Waals surface area (Å²) in [5.41, 5.74) is 0.864. The fourth-order valence-corrected chi connectivity index (χ4v) is 6.89. The lowest BCUT2D eigenvalue weighted by Crippen LogP contribution is -2.65. The maximum Gasteiger partial charge on any atom is 0.165 e. The minimum atomic E-state index is -1.05. The number of carbonyl (C=O) groups is 1. The van der Waals surface area contributed by atoms with E-state index in [0.29, 0.717) is 12.8 Å². The highest BCUT2D eigenvalue weighted by atomic mass is 32.3. The number of fused-ring (bicyclic) bond motifs is 2. The minimum absolute atomic E-state index is 0.114. The van der Waals surface area contributed by atoms with Crippen LogP contribution in [-0.2, 0) is 15.6 Å². The van der Waals surface area contributed by atoms with Crippen molar-refractivity contribution >= 4 is 28.3 Å². The first-order chi connectivity index (χ1) is 6.53. The summed E-state index contributed by atoms with van der Waals surface area (Å²) in [4.78, 5) is 11.8. The molecule has 3 saturated heterocycles. The van der Waals surface area contributed by atoms with Crippen LogP contribution < -0.4 is 0 Å². The summed E-state index contributed by atoms with van der Waals surface area (Å²) in [6, 6.07) is 0. The van der Waals surface area contributed by atoms with E-state index in [9.17, 15) is 9.00 Å². The van der Waals surface area contributed by atoms with Crippen molar-refractivity contribution < 1.29 is 9.00 Å². The molecular formula is C10H14O2S2. The summed E-state index contributed by atoms with van der Waals surface area (Å²) in [6.07, 6.45) is 1.93. The predicted octanol–water partition coefficient (Wildman–Crippen LogP) is 2.22. The van der Waals surface area contributed by atoms with E-state index in [1.54, 1.807) is 11.8 Å². The Morgan fingerprint density at radius 3 is 2.43 bits per heavy atom. The highest BCUT2D eigenvalue weighted by Gasteiger charge is 2.69. The second-order valence-corrected chi connectivity index (χ2v) is 7.83. The molecule has 14 heavy (non-hydrogen) atoms. The van der Waals surface area contributed by atoms with Gasteiger partial charge >= 0.3 is 0 Å². The number of ketones is 1. The third kappa shape index (κ3) is 0.890. The van der Waals surface area contributed by atoms with E-state index in [4.69, 9.17) is 0 Å². The van der Waals surface area contributed by atoms with Crippen LogP contribution in [0.15, 0.2) is 12.2 Å². The van der Waals surface area contributed by atoms with Crippen LogP contribution in [-0.4, -0.2) is 18.2 Å². The van der Waals surface area contributed by atoms with Crippen molar-refractivity contribution in [3.05, 3.63) is 12.2 Å². The Bertz CT molecular complexity index is 320. The molecule has 3 atom stereocenters. The smallest absolute Gasteiger partial charge is 0.165 e. The van der Waals surface area contributed by atoms with Crippen molar-refractivity contribution in [3.63, 3.8) is 0 Å².